The minimum Gasteiger partial charge on any atom is -0.347 e. The predicted octanol–water partition coefficient (Wildman–Crippen LogP) is 3.96. The van der Waals surface area contributed by atoms with Crippen LogP contribution in [0.2, 0.25) is 0 Å². The van der Waals surface area contributed by atoms with Crippen molar-refractivity contribution in [3.63, 3.8) is 0 Å². The van der Waals surface area contributed by atoms with Crippen LogP contribution in [0.3, 0.4) is 0 Å². The van der Waals surface area contributed by atoms with Crippen molar-refractivity contribution in [2.24, 2.45) is 0 Å². The van der Waals surface area contributed by atoms with Gasteiger partial charge in [-0.3, -0.25) is 9.80 Å². The summed E-state index contributed by atoms with van der Waals surface area (Å²) < 4.78 is 0. The van der Waals surface area contributed by atoms with Gasteiger partial charge < -0.3 is 4.98 Å². The predicted molar refractivity (Wildman–Crippen MR) is 106 cm³/mol. The molecule has 4 rings (SSSR count). The lowest BCUT2D eigenvalue weighted by Crippen LogP contribution is -2.37. The zero-order chi connectivity index (χ0) is 18.1. The van der Waals surface area contributed by atoms with Crippen LogP contribution in [0.4, 0.5) is 0 Å². The van der Waals surface area contributed by atoms with E-state index < -0.39 is 0 Å². The molecule has 1 fully saturated rings. The Bertz CT molecular complexity index is 763. The van der Waals surface area contributed by atoms with Crippen LogP contribution in [0.15, 0.2) is 18.5 Å². The molecule has 1 atom stereocenters. The Morgan fingerprint density at radius 1 is 1.12 bits per heavy atom. The second-order valence-electron chi connectivity index (χ2n) is 8.31. The number of aryl methyl sites for hydroxylation is 1. The molecule has 2 aliphatic heterocycles. The highest BCUT2D eigenvalue weighted by atomic mass is 15.2. The summed E-state index contributed by atoms with van der Waals surface area (Å²) in [6, 6.07) is 5.51. The quantitative estimate of drug-likeness (QED) is 0.905. The average Bonchev–Trinajstić information content (AvgIpc) is 3.08. The van der Waals surface area contributed by atoms with Crippen LogP contribution in [-0.4, -0.2) is 38.9 Å². The largest absolute Gasteiger partial charge is 0.347 e. The molecule has 26 heavy (non-hydrogen) atoms. The molecule has 1 aromatic heterocycles. The summed E-state index contributed by atoms with van der Waals surface area (Å²) in [7, 11) is 0. The number of imidazole rings is 1. The second-order valence-corrected chi connectivity index (χ2v) is 8.31. The van der Waals surface area contributed by atoms with E-state index in [1.54, 1.807) is 0 Å². The third kappa shape index (κ3) is 3.72. The normalized spacial score (nSPS) is 21.7. The Kier molecular flexibility index (Phi) is 5.14. The molecule has 3 heterocycles. The van der Waals surface area contributed by atoms with Crippen LogP contribution in [0.5, 0.6) is 0 Å². The number of piperidine rings is 1. The molecule has 1 saturated heterocycles. The summed E-state index contributed by atoms with van der Waals surface area (Å²) in [4.78, 5) is 13.0. The molecular weight excluding hydrogens is 320 g/mol. The Labute approximate surface area is 157 Å². The fourth-order valence-electron chi connectivity index (χ4n) is 4.60. The summed E-state index contributed by atoms with van der Waals surface area (Å²) >= 11 is 0. The molecule has 140 valence electrons. The molecule has 0 unspecified atom stereocenters. The minimum atomic E-state index is 0.716. The van der Waals surface area contributed by atoms with E-state index in [9.17, 15) is 0 Å². The molecule has 2 aliphatic rings. The van der Waals surface area contributed by atoms with Gasteiger partial charge in [0.15, 0.2) is 0 Å². The Morgan fingerprint density at radius 2 is 1.92 bits per heavy atom. The molecule has 0 saturated carbocycles. The topological polar surface area (TPSA) is 35.2 Å². The number of aromatic nitrogens is 2. The van der Waals surface area contributed by atoms with Gasteiger partial charge in [0.25, 0.3) is 0 Å². The van der Waals surface area contributed by atoms with Crippen LogP contribution in [0, 0.1) is 13.8 Å². The number of hydrogen-bond donors (Lipinski definition) is 1. The lowest BCUT2D eigenvalue weighted by molar-refractivity contribution is 0.152. The van der Waals surface area contributed by atoms with Gasteiger partial charge in [0.05, 0.1) is 17.7 Å². The Morgan fingerprint density at radius 3 is 2.73 bits per heavy atom. The van der Waals surface area contributed by atoms with Crippen molar-refractivity contribution in [3.05, 3.63) is 52.1 Å². The van der Waals surface area contributed by atoms with Crippen molar-refractivity contribution in [2.45, 2.75) is 72.1 Å². The first-order chi connectivity index (χ1) is 12.6. The maximum absolute atomic E-state index is 4.43. The average molecular weight is 353 g/mol. The van der Waals surface area contributed by atoms with E-state index in [2.05, 4.69) is 52.7 Å². The van der Waals surface area contributed by atoms with E-state index in [4.69, 9.17) is 0 Å². The number of likely N-dealkylation sites (tertiary alicyclic amines) is 1. The lowest BCUT2D eigenvalue weighted by atomic mass is 9.96. The highest BCUT2D eigenvalue weighted by Crippen LogP contribution is 2.25. The molecule has 0 spiro atoms. The van der Waals surface area contributed by atoms with E-state index in [0.29, 0.717) is 6.04 Å². The highest BCUT2D eigenvalue weighted by Gasteiger charge is 2.21. The molecule has 4 heteroatoms. The monoisotopic (exact) mass is 352 g/mol. The second kappa shape index (κ2) is 7.53. The van der Waals surface area contributed by atoms with Crippen LogP contribution >= 0.6 is 0 Å². The number of rotatable bonds is 4. The third-order valence-electron chi connectivity index (χ3n) is 6.33. The van der Waals surface area contributed by atoms with Crippen LogP contribution in [-0.2, 0) is 26.1 Å². The fourth-order valence-corrected chi connectivity index (χ4v) is 4.60. The number of nitrogens with one attached hydrogen (secondary N) is 1. The molecule has 1 N–H and O–H groups in total. The number of aromatic amines is 1. The van der Waals surface area contributed by atoms with Crippen LogP contribution in [0.1, 0.15) is 59.8 Å². The standard InChI is InChI=1S/C22H32N4/c1-16-10-19(12-25-9-7-21-22(14-25)24-15-23-21)18(3)20(11-16)13-26-8-5-4-6-17(26)2/h10-11,15,17H,4-9,12-14H2,1-3H3,(H,23,24)/t17-/m0/s1. The van der Waals surface area contributed by atoms with Crippen LogP contribution < -0.4 is 0 Å². The Balaban J connectivity index is 1.51. The summed E-state index contributed by atoms with van der Waals surface area (Å²) in [5.41, 5.74) is 8.44. The van der Waals surface area contributed by atoms with Crippen molar-refractivity contribution in [1.29, 1.82) is 0 Å². The summed E-state index contributed by atoms with van der Waals surface area (Å²) in [6.45, 7) is 12.4. The van der Waals surface area contributed by atoms with Crippen molar-refractivity contribution in [2.75, 3.05) is 13.1 Å². The lowest BCUT2D eigenvalue weighted by Gasteiger charge is -2.34. The minimum absolute atomic E-state index is 0.716. The van der Waals surface area contributed by atoms with Crippen molar-refractivity contribution in [3.8, 4) is 0 Å². The summed E-state index contributed by atoms with van der Waals surface area (Å²) in [6.07, 6.45) is 6.98. The van der Waals surface area contributed by atoms with E-state index in [1.807, 2.05) is 6.33 Å². The van der Waals surface area contributed by atoms with Gasteiger partial charge in [-0.25, -0.2) is 4.98 Å². The van der Waals surface area contributed by atoms with Gasteiger partial charge in [-0.05, 0) is 56.8 Å². The first-order valence-corrected chi connectivity index (χ1v) is 10.2. The van der Waals surface area contributed by atoms with E-state index in [1.165, 1.54) is 59.4 Å². The molecular formula is C22H32N4. The number of fused-ring (bicyclic) bond motifs is 1. The highest BCUT2D eigenvalue weighted by molar-refractivity contribution is 5.38. The zero-order valence-corrected chi connectivity index (χ0v) is 16.5. The third-order valence-corrected chi connectivity index (χ3v) is 6.33. The number of benzene rings is 1. The van der Waals surface area contributed by atoms with Gasteiger partial charge >= 0.3 is 0 Å². The molecule has 0 bridgehead atoms. The van der Waals surface area contributed by atoms with Gasteiger partial charge in [0.2, 0.25) is 0 Å². The summed E-state index contributed by atoms with van der Waals surface area (Å²) in [5, 5.41) is 0. The number of hydrogen-bond acceptors (Lipinski definition) is 3. The van der Waals surface area contributed by atoms with E-state index in [-0.39, 0.29) is 0 Å². The molecule has 0 aliphatic carbocycles. The number of nitrogens with zero attached hydrogens (tertiary/aromatic N) is 3. The van der Waals surface area contributed by atoms with Crippen molar-refractivity contribution < 1.29 is 0 Å². The first kappa shape index (κ1) is 17.7. The maximum Gasteiger partial charge on any atom is 0.0925 e. The van der Waals surface area contributed by atoms with Crippen molar-refractivity contribution >= 4 is 0 Å². The first-order valence-electron chi connectivity index (χ1n) is 10.2. The molecule has 4 nitrogen and oxygen atoms in total. The van der Waals surface area contributed by atoms with Gasteiger partial charge in [0, 0.05) is 38.6 Å². The van der Waals surface area contributed by atoms with Gasteiger partial charge in [-0.2, -0.15) is 0 Å². The van der Waals surface area contributed by atoms with E-state index >= 15 is 0 Å². The molecule has 2 aromatic rings. The molecule has 1 aromatic carbocycles. The maximum atomic E-state index is 4.43. The number of H-pyrrole nitrogens is 1. The smallest absolute Gasteiger partial charge is 0.0925 e. The molecule has 0 radical (unpaired) electrons. The van der Waals surface area contributed by atoms with Crippen molar-refractivity contribution in [1.82, 2.24) is 19.8 Å². The zero-order valence-electron chi connectivity index (χ0n) is 16.5. The molecule has 0 amide bonds. The van der Waals surface area contributed by atoms with Gasteiger partial charge in [-0.15, -0.1) is 0 Å². The van der Waals surface area contributed by atoms with E-state index in [0.717, 1.165) is 32.6 Å². The fraction of sp³-hybridized carbons (Fsp3) is 0.591. The Hall–Kier alpha value is -1.65. The van der Waals surface area contributed by atoms with Crippen LogP contribution in [0.25, 0.3) is 0 Å². The van der Waals surface area contributed by atoms with Gasteiger partial charge in [0.1, 0.15) is 0 Å². The summed E-state index contributed by atoms with van der Waals surface area (Å²) in [5.74, 6) is 0. The SMILES string of the molecule is Cc1cc(CN2CCc3nc[nH]c3C2)c(C)c(CN2CCCC[C@@H]2C)c1. The van der Waals surface area contributed by atoms with Gasteiger partial charge in [-0.1, -0.05) is 24.1 Å².